The van der Waals surface area contributed by atoms with Gasteiger partial charge >= 0.3 is 5.97 Å². The van der Waals surface area contributed by atoms with Crippen molar-refractivity contribution in [1.29, 1.82) is 0 Å². The lowest BCUT2D eigenvalue weighted by atomic mass is 9.96. The number of alkyl halides is 2. The molecule has 86 valence electrons. The highest BCUT2D eigenvalue weighted by molar-refractivity contribution is 6.54. The van der Waals surface area contributed by atoms with Gasteiger partial charge in [0.1, 0.15) is 9.75 Å². The maximum atomic E-state index is 13.0. The minimum atomic E-state index is -1.54. The van der Waals surface area contributed by atoms with Gasteiger partial charge in [-0.05, 0) is 17.7 Å². The zero-order valence-corrected chi connectivity index (χ0v) is 9.32. The van der Waals surface area contributed by atoms with Gasteiger partial charge < -0.3 is 5.11 Å². The largest absolute Gasteiger partial charge is 0.480 e. The van der Waals surface area contributed by atoms with Crippen molar-refractivity contribution in [2.75, 3.05) is 0 Å². The second-order valence-corrected chi connectivity index (χ2v) is 5.20. The van der Waals surface area contributed by atoms with Crippen molar-refractivity contribution in [2.24, 2.45) is 0 Å². The molecule has 6 heteroatoms. The molecule has 1 fully saturated rings. The Balaban J connectivity index is 2.51. The molecule has 2 rings (SSSR count). The number of carboxylic acids is 1. The Morgan fingerprint density at radius 3 is 2.25 bits per heavy atom. The van der Waals surface area contributed by atoms with Crippen LogP contribution in [0.2, 0.25) is 0 Å². The van der Waals surface area contributed by atoms with Crippen molar-refractivity contribution in [2.45, 2.75) is 16.2 Å². The zero-order valence-electron chi connectivity index (χ0n) is 7.81. The molecule has 16 heavy (non-hydrogen) atoms. The summed E-state index contributed by atoms with van der Waals surface area (Å²) >= 11 is 11.5. The zero-order chi connectivity index (χ0) is 12.1. The van der Waals surface area contributed by atoms with Gasteiger partial charge in [-0.1, -0.05) is 29.3 Å². The average molecular weight is 267 g/mol. The van der Waals surface area contributed by atoms with Crippen LogP contribution in [0.1, 0.15) is 12.0 Å². The van der Waals surface area contributed by atoms with Gasteiger partial charge in [0, 0.05) is 6.42 Å². The van der Waals surface area contributed by atoms with E-state index in [-0.39, 0.29) is 12.0 Å². The number of carbonyl (C=O) groups is 1. The van der Waals surface area contributed by atoms with Crippen LogP contribution in [0.15, 0.2) is 18.2 Å². The van der Waals surface area contributed by atoms with E-state index in [1.807, 2.05) is 0 Å². The van der Waals surface area contributed by atoms with Crippen molar-refractivity contribution in [1.82, 2.24) is 0 Å². The van der Waals surface area contributed by atoms with E-state index in [1.165, 1.54) is 6.07 Å². The number of rotatable bonds is 2. The molecule has 1 aliphatic rings. The summed E-state index contributed by atoms with van der Waals surface area (Å²) in [6.07, 6.45) is -0.0243. The van der Waals surface area contributed by atoms with Crippen LogP contribution in [-0.2, 0) is 10.2 Å². The fourth-order valence-corrected chi connectivity index (χ4v) is 2.50. The smallest absolute Gasteiger partial charge is 0.317 e. The Morgan fingerprint density at radius 1 is 1.31 bits per heavy atom. The molecule has 0 radical (unpaired) electrons. The van der Waals surface area contributed by atoms with Gasteiger partial charge in [0.15, 0.2) is 11.6 Å². The molecular formula is C10H6Cl2F2O2. The van der Waals surface area contributed by atoms with E-state index in [4.69, 9.17) is 28.3 Å². The van der Waals surface area contributed by atoms with E-state index in [0.717, 1.165) is 12.1 Å². The quantitative estimate of drug-likeness (QED) is 0.836. The van der Waals surface area contributed by atoms with Gasteiger partial charge in [-0.3, -0.25) is 4.79 Å². The van der Waals surface area contributed by atoms with Crippen LogP contribution in [0, 0.1) is 11.6 Å². The Morgan fingerprint density at radius 2 is 1.88 bits per heavy atom. The second-order valence-electron chi connectivity index (χ2n) is 3.72. The molecule has 2 nitrogen and oxygen atoms in total. The first-order valence-corrected chi connectivity index (χ1v) is 5.13. The number of benzene rings is 1. The SMILES string of the molecule is O=C(O)C1(c2ccc(F)c(F)c2)CC1(Cl)Cl. The summed E-state index contributed by atoms with van der Waals surface area (Å²) in [5.41, 5.74) is -1.46. The monoisotopic (exact) mass is 266 g/mol. The van der Waals surface area contributed by atoms with Crippen LogP contribution >= 0.6 is 23.2 Å². The first-order valence-electron chi connectivity index (χ1n) is 4.38. The predicted molar refractivity (Wildman–Crippen MR) is 54.7 cm³/mol. The van der Waals surface area contributed by atoms with Crippen LogP contribution in [0.25, 0.3) is 0 Å². The van der Waals surface area contributed by atoms with Crippen molar-refractivity contribution >= 4 is 29.2 Å². The fraction of sp³-hybridized carbons (Fsp3) is 0.300. The number of hydrogen-bond acceptors (Lipinski definition) is 1. The summed E-state index contributed by atoms with van der Waals surface area (Å²) in [4.78, 5) is 11.1. The standard InChI is InChI=1S/C10H6Cl2F2O2/c11-10(12)4-9(10,8(15)16)5-1-2-6(13)7(14)3-5/h1-3H,4H2,(H,15,16). The molecule has 0 saturated heterocycles. The van der Waals surface area contributed by atoms with E-state index in [0.29, 0.717) is 0 Å². The van der Waals surface area contributed by atoms with Gasteiger partial charge in [0.25, 0.3) is 0 Å². The Kier molecular flexibility index (Phi) is 2.40. The fourth-order valence-electron chi connectivity index (χ4n) is 1.72. The van der Waals surface area contributed by atoms with E-state index in [2.05, 4.69) is 0 Å². The number of halogens is 4. The molecular weight excluding hydrogens is 261 g/mol. The molecule has 0 aromatic heterocycles. The van der Waals surface area contributed by atoms with Crippen LogP contribution in [0.4, 0.5) is 8.78 Å². The predicted octanol–water partition coefficient (Wildman–Crippen LogP) is 2.86. The summed E-state index contributed by atoms with van der Waals surface area (Å²) in [7, 11) is 0. The lowest BCUT2D eigenvalue weighted by Crippen LogP contribution is -2.26. The topological polar surface area (TPSA) is 37.3 Å². The minimum Gasteiger partial charge on any atom is -0.480 e. The summed E-state index contributed by atoms with van der Waals surface area (Å²) in [6, 6.07) is 2.85. The third-order valence-corrected chi connectivity index (χ3v) is 3.68. The Bertz CT molecular complexity index is 476. The van der Waals surface area contributed by atoms with E-state index >= 15 is 0 Å². The first kappa shape index (κ1) is 11.6. The highest BCUT2D eigenvalue weighted by atomic mass is 35.5. The lowest BCUT2D eigenvalue weighted by Gasteiger charge is -2.13. The minimum absolute atomic E-state index is 0.0243. The van der Waals surface area contributed by atoms with Gasteiger partial charge in [0.05, 0.1) is 0 Å². The van der Waals surface area contributed by atoms with Crippen molar-refractivity contribution in [3.8, 4) is 0 Å². The third-order valence-electron chi connectivity index (χ3n) is 2.76. The second kappa shape index (κ2) is 3.31. The molecule has 1 aromatic carbocycles. The van der Waals surface area contributed by atoms with Crippen LogP contribution in [0.5, 0.6) is 0 Å². The molecule has 1 aromatic rings. The molecule has 0 bridgehead atoms. The van der Waals surface area contributed by atoms with Crippen LogP contribution in [-0.4, -0.2) is 15.4 Å². The Labute approximate surface area is 99.8 Å². The van der Waals surface area contributed by atoms with E-state index in [9.17, 15) is 13.6 Å². The summed E-state index contributed by atoms with van der Waals surface area (Å²) in [6.45, 7) is 0. The molecule has 0 spiro atoms. The van der Waals surface area contributed by atoms with Gasteiger partial charge in [-0.15, -0.1) is 0 Å². The normalized spacial score (nSPS) is 26.5. The molecule has 1 saturated carbocycles. The van der Waals surface area contributed by atoms with Crippen molar-refractivity contribution in [3.63, 3.8) is 0 Å². The third kappa shape index (κ3) is 1.40. The molecule has 1 unspecified atom stereocenters. The van der Waals surface area contributed by atoms with Gasteiger partial charge in [-0.2, -0.15) is 0 Å². The van der Waals surface area contributed by atoms with Crippen molar-refractivity contribution in [3.05, 3.63) is 35.4 Å². The van der Waals surface area contributed by atoms with Crippen LogP contribution < -0.4 is 0 Å². The molecule has 0 heterocycles. The first-order chi connectivity index (χ1) is 7.31. The van der Waals surface area contributed by atoms with Crippen molar-refractivity contribution < 1.29 is 18.7 Å². The average Bonchev–Trinajstić information content (AvgIpc) is 2.75. The molecule has 0 aliphatic heterocycles. The number of carboxylic acid groups (broad SMARTS) is 1. The van der Waals surface area contributed by atoms with E-state index < -0.39 is 27.4 Å². The number of hydrogen-bond donors (Lipinski definition) is 1. The molecule has 1 N–H and O–H groups in total. The summed E-state index contributed by atoms with van der Waals surface area (Å²) in [5.74, 6) is -3.41. The lowest BCUT2D eigenvalue weighted by molar-refractivity contribution is -0.140. The molecule has 1 atom stereocenters. The highest BCUT2D eigenvalue weighted by Crippen LogP contribution is 2.65. The van der Waals surface area contributed by atoms with Crippen LogP contribution in [0.3, 0.4) is 0 Å². The van der Waals surface area contributed by atoms with Gasteiger partial charge in [-0.25, -0.2) is 8.78 Å². The molecule has 0 amide bonds. The maximum Gasteiger partial charge on any atom is 0.317 e. The maximum absolute atomic E-state index is 13.0. The molecule has 1 aliphatic carbocycles. The van der Waals surface area contributed by atoms with Gasteiger partial charge in [0.2, 0.25) is 0 Å². The highest BCUT2D eigenvalue weighted by Gasteiger charge is 2.72. The Hall–Kier alpha value is -0.870. The number of aliphatic carboxylic acids is 1. The van der Waals surface area contributed by atoms with E-state index in [1.54, 1.807) is 0 Å². The summed E-state index contributed by atoms with van der Waals surface area (Å²) in [5, 5.41) is 9.07. The summed E-state index contributed by atoms with van der Waals surface area (Å²) < 4.78 is 24.2.